The van der Waals surface area contributed by atoms with Gasteiger partial charge in [-0.3, -0.25) is 4.68 Å². The third kappa shape index (κ3) is 1.93. The lowest BCUT2D eigenvalue weighted by atomic mass is 10.2. The molecule has 0 saturated carbocycles. The fourth-order valence-corrected chi connectivity index (χ4v) is 2.04. The highest BCUT2D eigenvalue weighted by atomic mass is 79.9. The summed E-state index contributed by atoms with van der Waals surface area (Å²) in [5.41, 5.74) is -0.909. The summed E-state index contributed by atoms with van der Waals surface area (Å²) >= 11 is 2.78. The van der Waals surface area contributed by atoms with Crippen LogP contribution in [0.1, 0.15) is 24.4 Å². The van der Waals surface area contributed by atoms with Crippen molar-refractivity contribution in [3.8, 4) is 0 Å². The molecular weight excluding hydrogens is 265 g/mol. The summed E-state index contributed by atoms with van der Waals surface area (Å²) in [5.74, 6) is 0. The van der Waals surface area contributed by atoms with Gasteiger partial charge in [-0.2, -0.15) is 18.3 Å². The third-order valence-corrected chi connectivity index (χ3v) is 2.48. The molecule has 0 fully saturated rings. The number of aliphatic hydroxyl groups is 1. The highest BCUT2D eigenvalue weighted by Gasteiger charge is 2.38. The maximum atomic E-state index is 12.3. The molecular formula is C7H8BrF3N2O. The summed E-state index contributed by atoms with van der Waals surface area (Å²) in [6, 6.07) is 0. The minimum atomic E-state index is -4.51. The first-order chi connectivity index (χ1) is 6.25. The van der Waals surface area contributed by atoms with Gasteiger partial charge in [0.1, 0.15) is 0 Å². The van der Waals surface area contributed by atoms with Gasteiger partial charge in [-0.15, -0.1) is 0 Å². The molecule has 0 aliphatic rings. The molecule has 1 aromatic rings. The van der Waals surface area contributed by atoms with Gasteiger partial charge in [-0.05, 0) is 22.9 Å². The molecule has 1 rings (SSSR count). The van der Waals surface area contributed by atoms with Crippen LogP contribution >= 0.6 is 15.9 Å². The zero-order valence-corrected chi connectivity index (χ0v) is 9.02. The average Bonchev–Trinajstić information content (AvgIpc) is 2.24. The number of hydrogen-bond acceptors (Lipinski definition) is 2. The summed E-state index contributed by atoms with van der Waals surface area (Å²) in [4.78, 5) is 0. The normalized spacial score (nSPS) is 14.5. The number of halogens is 4. The summed E-state index contributed by atoms with van der Waals surface area (Å²) in [6.45, 7) is 1.38. The summed E-state index contributed by atoms with van der Waals surface area (Å²) in [7, 11) is 1.35. The predicted octanol–water partition coefficient (Wildman–Crippen LogP) is 2.25. The van der Waals surface area contributed by atoms with Gasteiger partial charge in [0.15, 0.2) is 5.69 Å². The van der Waals surface area contributed by atoms with Crippen LogP contribution in [0.15, 0.2) is 4.47 Å². The van der Waals surface area contributed by atoms with Crippen LogP contribution in [0.3, 0.4) is 0 Å². The van der Waals surface area contributed by atoms with Crippen LogP contribution in [0, 0.1) is 0 Å². The van der Waals surface area contributed by atoms with E-state index >= 15 is 0 Å². The molecule has 7 heteroatoms. The van der Waals surface area contributed by atoms with Crippen LogP contribution in [0.25, 0.3) is 0 Å². The van der Waals surface area contributed by atoms with E-state index in [9.17, 15) is 18.3 Å². The van der Waals surface area contributed by atoms with Gasteiger partial charge in [0.2, 0.25) is 0 Å². The molecule has 1 unspecified atom stereocenters. The van der Waals surface area contributed by atoms with Crippen LogP contribution < -0.4 is 0 Å². The number of aliphatic hydroxyl groups excluding tert-OH is 1. The molecule has 0 aromatic carbocycles. The van der Waals surface area contributed by atoms with Crippen molar-refractivity contribution in [1.29, 1.82) is 0 Å². The standard InChI is InChI=1S/C7H8BrF3N2O/c1-3(14)5-4(8)6(7(9,10)11)12-13(5)2/h3,14H,1-2H3. The second kappa shape index (κ2) is 3.54. The molecule has 0 bridgehead atoms. The second-order valence-electron chi connectivity index (χ2n) is 2.85. The van der Waals surface area contributed by atoms with Crippen molar-refractivity contribution < 1.29 is 18.3 Å². The van der Waals surface area contributed by atoms with Gasteiger partial charge in [0.25, 0.3) is 0 Å². The predicted molar refractivity (Wildman–Crippen MR) is 46.5 cm³/mol. The van der Waals surface area contributed by atoms with E-state index in [-0.39, 0.29) is 10.2 Å². The number of aromatic nitrogens is 2. The molecule has 0 aliphatic heterocycles. The molecule has 0 amide bonds. The maximum Gasteiger partial charge on any atom is 0.436 e. The van der Waals surface area contributed by atoms with Crippen molar-refractivity contribution in [2.24, 2.45) is 7.05 Å². The van der Waals surface area contributed by atoms with E-state index < -0.39 is 18.0 Å². The van der Waals surface area contributed by atoms with Crippen LogP contribution in [0.5, 0.6) is 0 Å². The topological polar surface area (TPSA) is 38.1 Å². The van der Waals surface area contributed by atoms with E-state index in [1.165, 1.54) is 14.0 Å². The highest BCUT2D eigenvalue weighted by molar-refractivity contribution is 9.10. The lowest BCUT2D eigenvalue weighted by Gasteiger charge is -2.05. The van der Waals surface area contributed by atoms with Crippen LogP contribution in [0.4, 0.5) is 13.2 Å². The molecule has 0 spiro atoms. The van der Waals surface area contributed by atoms with Gasteiger partial charge in [0.05, 0.1) is 16.3 Å². The Labute approximate surface area is 86.7 Å². The lowest BCUT2D eigenvalue weighted by molar-refractivity contribution is -0.142. The van der Waals surface area contributed by atoms with Gasteiger partial charge >= 0.3 is 6.18 Å². The Balaban J connectivity index is 3.31. The summed E-state index contributed by atoms with van der Waals surface area (Å²) in [5, 5.41) is 12.5. The molecule has 1 aromatic heterocycles. The van der Waals surface area contributed by atoms with Gasteiger partial charge in [-0.25, -0.2) is 0 Å². The third-order valence-electron chi connectivity index (χ3n) is 1.70. The van der Waals surface area contributed by atoms with Crippen LogP contribution in [-0.4, -0.2) is 14.9 Å². The quantitative estimate of drug-likeness (QED) is 0.852. The number of rotatable bonds is 1. The second-order valence-corrected chi connectivity index (χ2v) is 3.64. The van der Waals surface area contributed by atoms with Gasteiger partial charge in [-0.1, -0.05) is 0 Å². The molecule has 3 nitrogen and oxygen atoms in total. The Bertz CT molecular complexity index is 345. The van der Waals surface area contributed by atoms with Gasteiger partial charge < -0.3 is 5.11 Å². The summed E-state index contributed by atoms with van der Waals surface area (Å²) in [6.07, 6.45) is -5.51. The number of alkyl halides is 3. The van der Waals surface area contributed by atoms with E-state index in [0.717, 1.165) is 4.68 Å². The number of nitrogens with zero attached hydrogens (tertiary/aromatic N) is 2. The minimum absolute atomic E-state index is 0.109. The molecule has 1 N–H and O–H groups in total. The Hall–Kier alpha value is -0.560. The Morgan fingerprint density at radius 1 is 1.50 bits per heavy atom. The average molecular weight is 273 g/mol. The van der Waals surface area contributed by atoms with Crippen LogP contribution in [0.2, 0.25) is 0 Å². The molecule has 0 aliphatic carbocycles. The van der Waals surface area contributed by atoms with E-state index in [1.807, 2.05) is 0 Å². The lowest BCUT2D eigenvalue weighted by Crippen LogP contribution is -2.07. The monoisotopic (exact) mass is 272 g/mol. The fraction of sp³-hybridized carbons (Fsp3) is 0.571. The SMILES string of the molecule is CC(O)c1c(Br)c(C(F)(F)F)nn1C. The Kier molecular flexibility index (Phi) is 2.91. The van der Waals surface area contributed by atoms with E-state index in [1.54, 1.807) is 0 Å². The van der Waals surface area contributed by atoms with Crippen molar-refractivity contribution >= 4 is 15.9 Å². The van der Waals surface area contributed by atoms with Crippen LogP contribution in [-0.2, 0) is 13.2 Å². The zero-order valence-electron chi connectivity index (χ0n) is 7.43. The van der Waals surface area contributed by atoms with Gasteiger partial charge in [0, 0.05) is 7.05 Å². The Morgan fingerprint density at radius 3 is 2.21 bits per heavy atom. The first-order valence-electron chi connectivity index (χ1n) is 3.72. The van der Waals surface area contributed by atoms with Crippen molar-refractivity contribution in [3.63, 3.8) is 0 Å². The number of hydrogen-bond donors (Lipinski definition) is 1. The molecule has 1 heterocycles. The minimum Gasteiger partial charge on any atom is -0.387 e. The van der Waals surface area contributed by atoms with E-state index in [0.29, 0.717) is 0 Å². The maximum absolute atomic E-state index is 12.3. The smallest absolute Gasteiger partial charge is 0.387 e. The van der Waals surface area contributed by atoms with Crippen molar-refractivity contribution in [2.45, 2.75) is 19.2 Å². The van der Waals surface area contributed by atoms with E-state index in [2.05, 4.69) is 21.0 Å². The van der Waals surface area contributed by atoms with E-state index in [4.69, 9.17) is 0 Å². The first-order valence-corrected chi connectivity index (χ1v) is 4.52. The fourth-order valence-electron chi connectivity index (χ4n) is 1.15. The van der Waals surface area contributed by atoms with Crippen molar-refractivity contribution in [3.05, 3.63) is 15.9 Å². The Morgan fingerprint density at radius 2 is 2.00 bits per heavy atom. The molecule has 1 atom stereocenters. The molecule has 0 saturated heterocycles. The first kappa shape index (κ1) is 11.5. The molecule has 0 radical (unpaired) electrons. The largest absolute Gasteiger partial charge is 0.436 e. The van der Waals surface area contributed by atoms with Crippen molar-refractivity contribution in [2.75, 3.05) is 0 Å². The summed E-state index contributed by atoms with van der Waals surface area (Å²) < 4.78 is 37.8. The molecule has 14 heavy (non-hydrogen) atoms. The number of aryl methyl sites for hydroxylation is 1. The zero-order chi connectivity index (χ0) is 11.1. The highest BCUT2D eigenvalue weighted by Crippen LogP contribution is 2.37. The molecule has 80 valence electrons. The van der Waals surface area contributed by atoms with Crippen molar-refractivity contribution in [1.82, 2.24) is 9.78 Å².